The van der Waals surface area contributed by atoms with Gasteiger partial charge in [-0.15, -0.1) is 0 Å². The van der Waals surface area contributed by atoms with Crippen molar-refractivity contribution in [3.05, 3.63) is 103 Å². The number of amides is 1. The molecule has 130 valence electrons. The van der Waals surface area contributed by atoms with E-state index in [1.807, 2.05) is 6.07 Å². The summed E-state index contributed by atoms with van der Waals surface area (Å²) in [4.78, 5) is 12.5. The smallest absolute Gasteiger partial charge is 0.249 e. The van der Waals surface area contributed by atoms with Gasteiger partial charge < -0.3 is 5.32 Å². The van der Waals surface area contributed by atoms with Crippen LogP contribution in [0.15, 0.2) is 102 Å². The lowest BCUT2D eigenvalue weighted by molar-refractivity contribution is -0.111. The minimum atomic E-state index is -3.84. The first-order chi connectivity index (χ1) is 12.6. The normalized spacial score (nSPS) is 11.8. The predicted octanol–water partition coefficient (Wildman–Crippen LogP) is 4.14. The molecule has 3 aromatic rings. The molecule has 1 N–H and O–H groups in total. The summed E-state index contributed by atoms with van der Waals surface area (Å²) in [6, 6.07) is 25.6. The Morgan fingerprint density at radius 1 is 0.731 bits per heavy atom. The van der Waals surface area contributed by atoms with Gasteiger partial charge in [0.15, 0.2) is 0 Å². The van der Waals surface area contributed by atoms with Crippen molar-refractivity contribution in [2.75, 3.05) is 5.32 Å². The summed E-state index contributed by atoms with van der Waals surface area (Å²) < 4.78 is 26.1. The van der Waals surface area contributed by atoms with Gasteiger partial charge in [0.05, 0.1) is 9.80 Å². The molecule has 0 aromatic heterocycles. The van der Waals surface area contributed by atoms with Gasteiger partial charge in [-0.05, 0) is 29.8 Å². The number of rotatable bonds is 5. The van der Waals surface area contributed by atoms with E-state index in [0.717, 1.165) is 6.08 Å². The topological polar surface area (TPSA) is 63.2 Å². The zero-order valence-electron chi connectivity index (χ0n) is 13.9. The number of carbonyl (C=O) groups excluding carboxylic acids is 1. The third-order valence-electron chi connectivity index (χ3n) is 3.70. The van der Waals surface area contributed by atoms with E-state index in [1.165, 1.54) is 12.1 Å². The maximum absolute atomic E-state index is 13.1. The second-order valence-electron chi connectivity index (χ2n) is 5.55. The van der Waals surface area contributed by atoms with Crippen molar-refractivity contribution >= 4 is 26.3 Å². The Morgan fingerprint density at radius 3 is 1.81 bits per heavy atom. The molecule has 0 aliphatic rings. The van der Waals surface area contributed by atoms with Gasteiger partial charge in [-0.1, -0.05) is 66.7 Å². The molecule has 3 aromatic carbocycles. The molecule has 26 heavy (non-hydrogen) atoms. The first kappa shape index (κ1) is 17.6. The highest BCUT2D eigenvalue weighted by Gasteiger charge is 2.23. The Bertz CT molecular complexity index is 1010. The fraction of sp³-hybridized carbons (Fsp3) is 0. The van der Waals surface area contributed by atoms with Gasteiger partial charge >= 0.3 is 0 Å². The second kappa shape index (κ2) is 7.80. The van der Waals surface area contributed by atoms with Crippen LogP contribution in [-0.4, -0.2) is 14.3 Å². The van der Waals surface area contributed by atoms with Crippen molar-refractivity contribution in [1.29, 1.82) is 0 Å². The van der Waals surface area contributed by atoms with Crippen molar-refractivity contribution in [1.82, 2.24) is 0 Å². The lowest BCUT2D eigenvalue weighted by atomic mass is 10.2. The maximum Gasteiger partial charge on any atom is 0.249 e. The van der Waals surface area contributed by atoms with Gasteiger partial charge in [-0.25, -0.2) is 8.42 Å². The van der Waals surface area contributed by atoms with Crippen LogP contribution in [0.2, 0.25) is 0 Å². The molecule has 4 nitrogen and oxygen atoms in total. The summed E-state index contributed by atoms with van der Waals surface area (Å²) in [5.74, 6) is -0.505. The molecule has 0 bridgehead atoms. The number of anilines is 1. The predicted molar refractivity (Wildman–Crippen MR) is 103 cm³/mol. The van der Waals surface area contributed by atoms with Crippen molar-refractivity contribution in [3.63, 3.8) is 0 Å². The van der Waals surface area contributed by atoms with Crippen molar-refractivity contribution < 1.29 is 13.2 Å². The van der Waals surface area contributed by atoms with E-state index in [-0.39, 0.29) is 9.80 Å². The fourth-order valence-corrected chi connectivity index (χ4v) is 3.94. The van der Waals surface area contributed by atoms with Gasteiger partial charge in [0.25, 0.3) is 0 Å². The lowest BCUT2D eigenvalue weighted by Gasteiger charge is -2.10. The van der Waals surface area contributed by atoms with Crippen LogP contribution < -0.4 is 5.32 Å². The van der Waals surface area contributed by atoms with Gasteiger partial charge in [0.2, 0.25) is 15.7 Å². The van der Waals surface area contributed by atoms with Crippen LogP contribution in [0.25, 0.3) is 4.91 Å². The second-order valence-corrected chi connectivity index (χ2v) is 7.46. The molecule has 0 fully saturated rings. The van der Waals surface area contributed by atoms with Crippen LogP contribution >= 0.6 is 0 Å². The highest BCUT2D eigenvalue weighted by atomic mass is 32.2. The van der Waals surface area contributed by atoms with E-state index in [0.29, 0.717) is 11.3 Å². The fourth-order valence-electron chi connectivity index (χ4n) is 2.46. The first-order valence-corrected chi connectivity index (χ1v) is 9.49. The Balaban J connectivity index is 2.03. The molecule has 0 heterocycles. The van der Waals surface area contributed by atoms with Gasteiger partial charge in [0.1, 0.15) is 0 Å². The highest BCUT2D eigenvalue weighted by Crippen LogP contribution is 2.27. The van der Waals surface area contributed by atoms with E-state index in [2.05, 4.69) is 5.32 Å². The van der Waals surface area contributed by atoms with Crippen molar-refractivity contribution in [3.8, 4) is 0 Å². The Hall–Kier alpha value is -3.18. The molecule has 1 amide bonds. The summed E-state index contributed by atoms with van der Waals surface area (Å²) in [5, 5.41) is 2.69. The Morgan fingerprint density at radius 2 is 1.23 bits per heavy atom. The lowest BCUT2D eigenvalue weighted by Crippen LogP contribution is -2.12. The summed E-state index contributed by atoms with van der Waals surface area (Å²) in [6.07, 6.45) is 1.13. The van der Waals surface area contributed by atoms with E-state index >= 15 is 0 Å². The third kappa shape index (κ3) is 4.07. The molecule has 0 saturated carbocycles. The summed E-state index contributed by atoms with van der Waals surface area (Å²) in [6.45, 7) is 0. The zero-order valence-corrected chi connectivity index (χ0v) is 14.7. The molecule has 0 aliphatic carbocycles. The highest BCUT2D eigenvalue weighted by molar-refractivity contribution is 8.00. The largest absolute Gasteiger partial charge is 0.322 e. The quantitative estimate of drug-likeness (QED) is 0.693. The van der Waals surface area contributed by atoms with Crippen molar-refractivity contribution in [2.24, 2.45) is 0 Å². The van der Waals surface area contributed by atoms with Crippen LogP contribution in [0.3, 0.4) is 0 Å². The van der Waals surface area contributed by atoms with E-state index < -0.39 is 15.7 Å². The molecule has 0 atom stereocenters. The number of para-hydroxylation sites is 1. The average molecular weight is 363 g/mol. The number of hydrogen-bond donors (Lipinski definition) is 1. The number of carbonyl (C=O) groups is 1. The molecule has 0 aliphatic heterocycles. The number of sulfone groups is 1. The standard InChI is InChI=1S/C21H17NO3S/c23-21(22-18-12-6-2-7-13-18)16-20(17-10-4-1-5-11-17)26(24,25)19-14-8-3-9-15-19/h1-16H,(H,22,23)/b20-16+. The summed E-state index contributed by atoms with van der Waals surface area (Å²) in [7, 11) is -3.84. The third-order valence-corrected chi connectivity index (χ3v) is 5.53. The molecule has 0 saturated heterocycles. The Labute approximate surface area is 152 Å². The molecular weight excluding hydrogens is 346 g/mol. The molecule has 5 heteroatoms. The summed E-state index contributed by atoms with van der Waals surface area (Å²) in [5.41, 5.74) is 1.05. The first-order valence-electron chi connectivity index (χ1n) is 8.01. The van der Waals surface area contributed by atoms with Crippen LogP contribution in [0.1, 0.15) is 5.56 Å². The Kier molecular flexibility index (Phi) is 5.29. The zero-order chi connectivity index (χ0) is 18.4. The molecular formula is C21H17NO3S. The molecule has 0 radical (unpaired) electrons. The average Bonchev–Trinajstić information content (AvgIpc) is 2.68. The SMILES string of the molecule is O=C(/C=C(\c1ccccc1)S(=O)(=O)c1ccccc1)Nc1ccccc1. The molecule has 0 unspecified atom stereocenters. The van der Waals surface area contributed by atoms with E-state index in [1.54, 1.807) is 72.8 Å². The van der Waals surface area contributed by atoms with Gasteiger partial charge in [-0.2, -0.15) is 0 Å². The van der Waals surface area contributed by atoms with Gasteiger partial charge in [-0.3, -0.25) is 4.79 Å². The van der Waals surface area contributed by atoms with Crippen molar-refractivity contribution in [2.45, 2.75) is 4.90 Å². The van der Waals surface area contributed by atoms with E-state index in [4.69, 9.17) is 0 Å². The summed E-state index contributed by atoms with van der Waals surface area (Å²) >= 11 is 0. The van der Waals surface area contributed by atoms with Crippen LogP contribution in [0.5, 0.6) is 0 Å². The van der Waals surface area contributed by atoms with Crippen LogP contribution in [-0.2, 0) is 14.6 Å². The van der Waals surface area contributed by atoms with Gasteiger partial charge in [0, 0.05) is 11.8 Å². The van der Waals surface area contributed by atoms with Crippen LogP contribution in [0, 0.1) is 0 Å². The maximum atomic E-state index is 13.1. The minimum absolute atomic E-state index is 0.0438. The number of benzene rings is 3. The monoisotopic (exact) mass is 363 g/mol. The van der Waals surface area contributed by atoms with E-state index in [9.17, 15) is 13.2 Å². The minimum Gasteiger partial charge on any atom is -0.322 e. The van der Waals surface area contributed by atoms with Crippen LogP contribution in [0.4, 0.5) is 5.69 Å². The molecule has 0 spiro atoms. The number of hydrogen-bond acceptors (Lipinski definition) is 3. The number of nitrogens with one attached hydrogen (secondary N) is 1. The molecule has 3 rings (SSSR count).